The van der Waals surface area contributed by atoms with Crippen LogP contribution in [-0.4, -0.2) is 66.7 Å². The number of hydrogen-bond acceptors (Lipinski definition) is 10. The molecule has 172 valence electrons. The highest BCUT2D eigenvalue weighted by Gasteiger charge is 2.17. The number of rotatable bonds is 11. The molecule has 0 saturated carbocycles. The number of nitrogen functional groups attached to an aromatic ring is 1. The van der Waals surface area contributed by atoms with Gasteiger partial charge in [-0.3, -0.25) is 9.36 Å². The Hall–Kier alpha value is -3.44. The highest BCUT2D eigenvalue weighted by atomic mass is 16.5. The molecule has 0 aliphatic carbocycles. The van der Waals surface area contributed by atoms with Crippen LogP contribution in [-0.2, 0) is 22.5 Å². The van der Waals surface area contributed by atoms with Gasteiger partial charge in [0, 0.05) is 0 Å². The van der Waals surface area contributed by atoms with Crippen molar-refractivity contribution in [3.8, 4) is 12.0 Å². The van der Waals surface area contributed by atoms with Gasteiger partial charge in [-0.1, -0.05) is 37.6 Å². The number of aromatic nitrogens is 4. The molecule has 0 aliphatic heterocycles. The lowest BCUT2D eigenvalue weighted by molar-refractivity contribution is -0.146. The number of ether oxygens (including phenoxy) is 2. The van der Waals surface area contributed by atoms with Crippen LogP contribution in [0.15, 0.2) is 24.3 Å². The van der Waals surface area contributed by atoms with Gasteiger partial charge in [0.1, 0.15) is 12.7 Å². The summed E-state index contributed by atoms with van der Waals surface area (Å²) in [6.07, 6.45) is 0.697. The lowest BCUT2D eigenvalue weighted by Gasteiger charge is -2.10. The number of anilines is 1. The maximum absolute atomic E-state index is 12.0. The van der Waals surface area contributed by atoms with E-state index in [1.165, 1.54) is 4.57 Å². The number of unbranched alkanes of at least 4 members (excludes halogenated alkanes) is 1. The fourth-order valence-electron chi connectivity index (χ4n) is 2.99. The van der Waals surface area contributed by atoms with E-state index >= 15 is 0 Å². The minimum atomic E-state index is -1.10. The highest BCUT2D eigenvalue weighted by Crippen LogP contribution is 2.26. The molecule has 2 aromatic heterocycles. The fourth-order valence-corrected chi connectivity index (χ4v) is 2.99. The Morgan fingerprint density at radius 1 is 1.25 bits per heavy atom. The van der Waals surface area contributed by atoms with Crippen molar-refractivity contribution in [2.24, 2.45) is 0 Å². The van der Waals surface area contributed by atoms with Gasteiger partial charge in [0.25, 0.3) is 6.01 Å². The summed E-state index contributed by atoms with van der Waals surface area (Å²) in [4.78, 5) is 24.5. The number of aliphatic hydroxyl groups is 2. The van der Waals surface area contributed by atoms with Crippen LogP contribution < -0.4 is 10.5 Å². The zero-order valence-corrected chi connectivity index (χ0v) is 17.8. The van der Waals surface area contributed by atoms with E-state index in [1.807, 2.05) is 13.0 Å². The Kier molecular flexibility index (Phi) is 7.79. The molecule has 3 rings (SSSR count). The molecule has 2 heterocycles. The van der Waals surface area contributed by atoms with Crippen molar-refractivity contribution in [1.82, 2.24) is 19.5 Å². The molecule has 32 heavy (non-hydrogen) atoms. The zero-order chi connectivity index (χ0) is 23.1. The summed E-state index contributed by atoms with van der Waals surface area (Å²) >= 11 is 0. The number of aromatic hydroxyl groups is 1. The van der Waals surface area contributed by atoms with Crippen LogP contribution in [0, 0.1) is 0 Å². The number of carbonyl (C=O) groups is 1. The van der Waals surface area contributed by atoms with Crippen molar-refractivity contribution in [3.05, 3.63) is 35.4 Å². The van der Waals surface area contributed by atoms with E-state index < -0.39 is 18.7 Å². The SMILES string of the molecule is CCCCOc1nc(N)c2nc(O)n(Cc3cccc(CC(=O)OCC(O)CO)c3)c2n1. The van der Waals surface area contributed by atoms with Crippen molar-refractivity contribution < 1.29 is 29.6 Å². The Morgan fingerprint density at radius 2 is 2.03 bits per heavy atom. The van der Waals surface area contributed by atoms with Gasteiger partial charge in [-0.05, 0) is 17.5 Å². The first-order chi connectivity index (χ1) is 15.4. The second kappa shape index (κ2) is 10.7. The summed E-state index contributed by atoms with van der Waals surface area (Å²) in [7, 11) is 0. The summed E-state index contributed by atoms with van der Waals surface area (Å²) in [6, 6.07) is 7.01. The van der Waals surface area contributed by atoms with Crippen LogP contribution in [0.3, 0.4) is 0 Å². The number of esters is 1. The van der Waals surface area contributed by atoms with Crippen LogP contribution in [0.5, 0.6) is 12.0 Å². The van der Waals surface area contributed by atoms with Crippen LogP contribution >= 0.6 is 0 Å². The molecule has 0 bridgehead atoms. The Balaban J connectivity index is 1.78. The van der Waals surface area contributed by atoms with Crippen LogP contribution in [0.4, 0.5) is 5.82 Å². The Morgan fingerprint density at radius 3 is 2.78 bits per heavy atom. The second-order valence-corrected chi connectivity index (χ2v) is 7.28. The number of nitrogens with two attached hydrogens (primary N) is 1. The molecule has 0 amide bonds. The second-order valence-electron chi connectivity index (χ2n) is 7.28. The number of imidazole rings is 1. The van der Waals surface area contributed by atoms with E-state index in [4.69, 9.17) is 20.3 Å². The maximum atomic E-state index is 12.0. The molecule has 11 nitrogen and oxygen atoms in total. The molecule has 0 fully saturated rings. The summed E-state index contributed by atoms with van der Waals surface area (Å²) in [5.74, 6) is -0.419. The average Bonchev–Trinajstić information content (AvgIpc) is 3.08. The smallest absolute Gasteiger partial charge is 0.320 e. The van der Waals surface area contributed by atoms with E-state index in [2.05, 4.69) is 15.0 Å². The van der Waals surface area contributed by atoms with Crippen LogP contribution in [0.2, 0.25) is 0 Å². The summed E-state index contributed by atoms with van der Waals surface area (Å²) in [6.45, 7) is 1.97. The van der Waals surface area contributed by atoms with Crippen molar-refractivity contribution in [1.29, 1.82) is 0 Å². The third kappa shape index (κ3) is 5.83. The maximum Gasteiger partial charge on any atom is 0.320 e. The van der Waals surface area contributed by atoms with Gasteiger partial charge < -0.3 is 30.5 Å². The van der Waals surface area contributed by atoms with Crippen molar-refractivity contribution in [3.63, 3.8) is 0 Å². The standard InChI is InChI=1S/C21H27N5O6/c1-2-3-7-31-20-24-18(22)17-19(25-20)26(21(30)23-17)10-14-6-4-5-13(8-14)9-16(29)32-12-15(28)11-27/h4-6,8,15,27-28H,2-3,7,9-12H2,1H3,(H,23,30)(H2,22,24,25). The molecule has 0 saturated heterocycles. The molecule has 0 aliphatic rings. The zero-order valence-electron chi connectivity index (χ0n) is 17.8. The molecular formula is C21H27N5O6. The molecule has 0 spiro atoms. The molecule has 0 radical (unpaired) electrons. The molecule has 11 heteroatoms. The Labute approximate surface area is 184 Å². The summed E-state index contributed by atoms with van der Waals surface area (Å²) in [5.41, 5.74) is 8.05. The van der Waals surface area contributed by atoms with Crippen molar-refractivity contribution in [2.45, 2.75) is 38.8 Å². The van der Waals surface area contributed by atoms with Gasteiger partial charge in [0.05, 0.1) is 26.2 Å². The van der Waals surface area contributed by atoms with E-state index in [-0.39, 0.29) is 42.9 Å². The number of benzene rings is 1. The third-order valence-electron chi connectivity index (χ3n) is 4.64. The lowest BCUT2D eigenvalue weighted by atomic mass is 10.1. The van der Waals surface area contributed by atoms with E-state index in [1.54, 1.807) is 18.2 Å². The predicted molar refractivity (Wildman–Crippen MR) is 115 cm³/mol. The number of hydrogen-bond donors (Lipinski definition) is 4. The fraction of sp³-hybridized carbons (Fsp3) is 0.429. The van der Waals surface area contributed by atoms with Crippen molar-refractivity contribution in [2.75, 3.05) is 25.6 Å². The normalized spacial score (nSPS) is 12.1. The van der Waals surface area contributed by atoms with Gasteiger partial charge in [-0.25, -0.2) is 0 Å². The topological polar surface area (TPSA) is 166 Å². The molecule has 3 aromatic rings. The van der Waals surface area contributed by atoms with Gasteiger partial charge in [-0.2, -0.15) is 15.0 Å². The first-order valence-corrected chi connectivity index (χ1v) is 10.3. The first kappa shape index (κ1) is 23.2. The number of nitrogens with zero attached hydrogens (tertiary/aromatic N) is 4. The number of carbonyl (C=O) groups excluding carboxylic acids is 1. The minimum Gasteiger partial charge on any atom is -0.480 e. The van der Waals surface area contributed by atoms with Crippen LogP contribution in [0.1, 0.15) is 30.9 Å². The molecular weight excluding hydrogens is 418 g/mol. The quantitative estimate of drug-likeness (QED) is 0.245. The molecule has 1 atom stereocenters. The molecule has 1 aromatic carbocycles. The lowest BCUT2D eigenvalue weighted by Crippen LogP contribution is -2.22. The van der Waals surface area contributed by atoms with Crippen molar-refractivity contribution >= 4 is 23.0 Å². The van der Waals surface area contributed by atoms with Crippen LogP contribution in [0.25, 0.3) is 11.2 Å². The summed E-state index contributed by atoms with van der Waals surface area (Å²) < 4.78 is 12.0. The minimum absolute atomic E-state index is 0.00676. The monoisotopic (exact) mass is 445 g/mol. The molecule has 1 unspecified atom stereocenters. The van der Waals surface area contributed by atoms with E-state index in [9.17, 15) is 15.0 Å². The average molecular weight is 445 g/mol. The van der Waals surface area contributed by atoms with E-state index in [0.717, 1.165) is 18.4 Å². The summed E-state index contributed by atoms with van der Waals surface area (Å²) in [5, 5.41) is 28.4. The van der Waals surface area contributed by atoms with E-state index in [0.29, 0.717) is 17.8 Å². The third-order valence-corrected chi connectivity index (χ3v) is 4.64. The molecule has 5 N–H and O–H groups in total. The van der Waals surface area contributed by atoms with Gasteiger partial charge >= 0.3 is 12.0 Å². The number of fused-ring (bicyclic) bond motifs is 1. The van der Waals surface area contributed by atoms with Gasteiger partial charge in [0.2, 0.25) is 0 Å². The van der Waals surface area contributed by atoms with Gasteiger partial charge in [-0.15, -0.1) is 0 Å². The highest BCUT2D eigenvalue weighted by molar-refractivity contribution is 5.83. The Bertz CT molecular complexity index is 1070. The van der Waals surface area contributed by atoms with Gasteiger partial charge in [0.15, 0.2) is 17.0 Å². The predicted octanol–water partition coefficient (Wildman–Crippen LogP) is 0.780. The largest absolute Gasteiger partial charge is 0.480 e. The number of aliphatic hydroxyl groups excluding tert-OH is 2. The first-order valence-electron chi connectivity index (χ1n) is 10.3.